The molecule has 0 bridgehead atoms. The normalized spacial score (nSPS) is 16.8. The molecule has 6 rings (SSSR count). The molecule has 0 aliphatic carbocycles. The summed E-state index contributed by atoms with van der Waals surface area (Å²) in [5.74, 6) is 0.311. The summed E-state index contributed by atoms with van der Waals surface area (Å²) in [6.07, 6.45) is -0.608. The maximum Gasteiger partial charge on any atom is 0.417 e. The molecule has 0 amide bonds. The van der Waals surface area contributed by atoms with Crippen molar-refractivity contribution in [1.29, 1.82) is 0 Å². The van der Waals surface area contributed by atoms with E-state index in [1.807, 2.05) is 12.1 Å². The predicted octanol–water partition coefficient (Wildman–Crippen LogP) is 4.84. The average Bonchev–Trinajstić information content (AvgIpc) is 3.60. The molecule has 0 atom stereocenters. The second-order valence-electron chi connectivity index (χ2n) is 11.0. The number of hydrogen-bond donors (Lipinski definition) is 2. The molecule has 42 heavy (non-hydrogen) atoms. The molecule has 0 spiro atoms. The zero-order valence-corrected chi connectivity index (χ0v) is 23.1. The zero-order chi connectivity index (χ0) is 29.3. The van der Waals surface area contributed by atoms with E-state index < -0.39 is 17.4 Å². The molecule has 2 fully saturated rings. The smallest absolute Gasteiger partial charge is 0.417 e. The van der Waals surface area contributed by atoms with Crippen LogP contribution >= 0.6 is 0 Å². The summed E-state index contributed by atoms with van der Waals surface area (Å²) in [7, 11) is 0. The molecule has 2 aliphatic heterocycles. The minimum Gasteiger partial charge on any atom is -0.463 e. The minimum atomic E-state index is -4.60. The van der Waals surface area contributed by atoms with Crippen LogP contribution in [0.3, 0.4) is 0 Å². The number of rotatable bonds is 8. The van der Waals surface area contributed by atoms with Gasteiger partial charge in [0.2, 0.25) is 0 Å². The van der Waals surface area contributed by atoms with Crippen LogP contribution in [0.15, 0.2) is 47.3 Å². The van der Waals surface area contributed by atoms with Gasteiger partial charge in [-0.2, -0.15) is 23.1 Å². The Morgan fingerprint density at radius 3 is 2.55 bits per heavy atom. The lowest BCUT2D eigenvalue weighted by molar-refractivity contribution is -0.137. The van der Waals surface area contributed by atoms with Crippen molar-refractivity contribution in [2.24, 2.45) is 5.92 Å². The van der Waals surface area contributed by atoms with Gasteiger partial charge in [-0.3, -0.25) is 9.47 Å². The largest absolute Gasteiger partial charge is 0.463 e. The zero-order valence-electron chi connectivity index (χ0n) is 23.1. The van der Waals surface area contributed by atoms with Crippen molar-refractivity contribution in [3.8, 4) is 17.1 Å². The second kappa shape index (κ2) is 11.8. The van der Waals surface area contributed by atoms with E-state index in [2.05, 4.69) is 19.9 Å². The summed E-state index contributed by atoms with van der Waals surface area (Å²) in [5, 5.41) is 0. The molecule has 222 valence electrons. The third-order valence-corrected chi connectivity index (χ3v) is 7.99. The highest BCUT2D eigenvalue weighted by molar-refractivity contribution is 5.82. The minimum absolute atomic E-state index is 0.0133. The number of hydrogen-bond acceptors (Lipinski definition) is 7. The van der Waals surface area contributed by atoms with Gasteiger partial charge in [0, 0.05) is 19.8 Å². The number of anilines is 1. The van der Waals surface area contributed by atoms with Gasteiger partial charge in [-0.1, -0.05) is 30.3 Å². The van der Waals surface area contributed by atoms with E-state index in [-0.39, 0.29) is 41.0 Å². The molecule has 12 heteroatoms. The number of imidazole rings is 1. The summed E-state index contributed by atoms with van der Waals surface area (Å²) in [4.78, 5) is 26.3. The summed E-state index contributed by atoms with van der Waals surface area (Å²) >= 11 is 0. The van der Waals surface area contributed by atoms with Crippen LogP contribution in [0.1, 0.15) is 42.4 Å². The molecule has 3 N–H and O–H groups in total. The molecule has 0 saturated carbocycles. The Labute approximate surface area is 240 Å². The van der Waals surface area contributed by atoms with Gasteiger partial charge in [-0.15, -0.1) is 0 Å². The van der Waals surface area contributed by atoms with Gasteiger partial charge in [-0.05, 0) is 79.1 Å². The fraction of sp³-hybridized carbons (Fsp3) is 0.433. The number of alkyl halides is 3. The van der Waals surface area contributed by atoms with Gasteiger partial charge in [-0.25, -0.2) is 4.79 Å². The van der Waals surface area contributed by atoms with Crippen LogP contribution in [0.2, 0.25) is 0 Å². The number of benzene rings is 2. The van der Waals surface area contributed by atoms with Gasteiger partial charge >= 0.3 is 17.9 Å². The third kappa shape index (κ3) is 6.14. The first-order valence-corrected chi connectivity index (χ1v) is 14.2. The number of nitrogens with zero attached hydrogens (tertiary/aromatic N) is 4. The lowest BCUT2D eigenvalue weighted by Crippen LogP contribution is -2.22. The Kier molecular flexibility index (Phi) is 7.91. The van der Waals surface area contributed by atoms with Gasteiger partial charge in [0.05, 0.1) is 18.7 Å². The Morgan fingerprint density at radius 1 is 1.02 bits per heavy atom. The van der Waals surface area contributed by atoms with Gasteiger partial charge in [0.1, 0.15) is 5.52 Å². The van der Waals surface area contributed by atoms with Crippen molar-refractivity contribution in [3.63, 3.8) is 0 Å². The Hall–Kier alpha value is -3.90. The number of halogens is 3. The van der Waals surface area contributed by atoms with E-state index >= 15 is 0 Å². The van der Waals surface area contributed by atoms with Crippen LogP contribution < -0.4 is 16.2 Å². The summed E-state index contributed by atoms with van der Waals surface area (Å²) in [6.45, 7) is 4.26. The van der Waals surface area contributed by atoms with Crippen LogP contribution in [0, 0.1) is 5.92 Å². The lowest BCUT2D eigenvalue weighted by Gasteiger charge is -2.21. The highest BCUT2D eigenvalue weighted by Crippen LogP contribution is 2.38. The van der Waals surface area contributed by atoms with E-state index in [9.17, 15) is 18.0 Å². The molecule has 2 aliphatic rings. The highest BCUT2D eigenvalue weighted by atomic mass is 19.4. The van der Waals surface area contributed by atoms with Crippen molar-refractivity contribution >= 4 is 17.0 Å². The fourth-order valence-electron chi connectivity index (χ4n) is 5.74. The summed E-state index contributed by atoms with van der Waals surface area (Å²) < 4.78 is 55.5. The van der Waals surface area contributed by atoms with E-state index in [1.54, 1.807) is 18.2 Å². The van der Waals surface area contributed by atoms with Crippen molar-refractivity contribution in [1.82, 2.24) is 24.4 Å². The van der Waals surface area contributed by atoms with E-state index in [0.717, 1.165) is 50.4 Å². The maximum atomic E-state index is 14.4. The molecule has 0 unspecified atom stereocenters. The molecule has 2 aromatic heterocycles. The first kappa shape index (κ1) is 28.2. The molecular weight excluding hydrogens is 549 g/mol. The van der Waals surface area contributed by atoms with Crippen LogP contribution in [0.5, 0.6) is 6.01 Å². The molecule has 0 radical (unpaired) electrons. The number of nitrogen functional groups attached to an aromatic ring is 1. The number of ether oxygens (including phenoxy) is 2. The molecule has 2 aromatic carbocycles. The first-order valence-electron chi connectivity index (χ1n) is 14.2. The van der Waals surface area contributed by atoms with Crippen LogP contribution in [0.25, 0.3) is 22.3 Å². The Morgan fingerprint density at radius 2 is 1.79 bits per heavy atom. The maximum absolute atomic E-state index is 14.4. The lowest BCUT2D eigenvalue weighted by atomic mass is 9.95. The number of aromatic amines is 1. The molecule has 4 aromatic rings. The predicted molar refractivity (Wildman–Crippen MR) is 152 cm³/mol. The Bertz CT molecular complexity index is 1620. The number of likely N-dealkylation sites (tertiary alicyclic amines) is 1. The van der Waals surface area contributed by atoms with E-state index in [4.69, 9.17) is 15.2 Å². The van der Waals surface area contributed by atoms with E-state index in [0.29, 0.717) is 37.5 Å². The molecule has 9 nitrogen and oxygen atoms in total. The molecule has 4 heterocycles. The van der Waals surface area contributed by atoms with Gasteiger partial charge in [0.25, 0.3) is 0 Å². The molecule has 2 saturated heterocycles. The number of fused-ring (bicyclic) bond motifs is 1. The average molecular weight is 583 g/mol. The van der Waals surface area contributed by atoms with Crippen LogP contribution in [-0.2, 0) is 24.0 Å². The SMILES string of the molecule is Nc1nc(OCC2CCOCC2)nc2c1[nH]c(=O)n2Cc1ccc(-c2cccc(CN3CCCC3)c2)c(C(F)(F)F)c1. The summed E-state index contributed by atoms with van der Waals surface area (Å²) in [6, 6.07) is 11.5. The number of nitrogens with two attached hydrogens (primary N) is 1. The second-order valence-corrected chi connectivity index (χ2v) is 11.0. The monoisotopic (exact) mass is 582 g/mol. The van der Waals surface area contributed by atoms with Crippen molar-refractivity contribution < 1.29 is 22.6 Å². The van der Waals surface area contributed by atoms with Gasteiger partial charge in [0.15, 0.2) is 11.5 Å². The third-order valence-electron chi connectivity index (χ3n) is 7.99. The standard InChI is InChI=1S/C30H33F3N6O3/c31-30(32,33)24-15-21(6-7-23(24)22-5-3-4-20(14-22)16-38-10-1-2-11-38)17-39-27-25(35-29(39)40)26(34)36-28(37-27)42-18-19-8-12-41-13-9-19/h3-7,14-15,19H,1-2,8-13,16-18H2,(H,35,40)(H2,34,36,37). The number of aromatic nitrogens is 4. The Balaban J connectivity index is 1.29. The first-order chi connectivity index (χ1) is 20.2. The topological polar surface area (TPSA) is 111 Å². The van der Waals surface area contributed by atoms with Crippen LogP contribution in [0.4, 0.5) is 19.0 Å². The quantitative estimate of drug-likeness (QED) is 0.306. The summed E-state index contributed by atoms with van der Waals surface area (Å²) in [5.41, 5.74) is 7.01. The molecular formula is C30H33F3N6O3. The van der Waals surface area contributed by atoms with Crippen molar-refractivity contribution in [2.45, 2.75) is 44.9 Å². The highest BCUT2D eigenvalue weighted by Gasteiger charge is 2.34. The van der Waals surface area contributed by atoms with E-state index in [1.165, 1.54) is 10.6 Å². The van der Waals surface area contributed by atoms with Crippen LogP contribution in [-0.4, -0.2) is 57.3 Å². The number of nitrogens with one attached hydrogen (secondary N) is 1. The van der Waals surface area contributed by atoms with Crippen molar-refractivity contribution in [2.75, 3.05) is 38.6 Å². The number of H-pyrrole nitrogens is 1. The van der Waals surface area contributed by atoms with Crippen molar-refractivity contribution in [3.05, 3.63) is 69.6 Å². The fourth-order valence-corrected chi connectivity index (χ4v) is 5.74. The van der Waals surface area contributed by atoms with Gasteiger partial charge < -0.3 is 20.2 Å².